The number of hydrogen-bond acceptors (Lipinski definition) is 7. The Morgan fingerprint density at radius 3 is 2.40 bits per heavy atom. The van der Waals surface area contributed by atoms with Crippen molar-refractivity contribution >= 4 is 29.0 Å². The maximum Gasteiger partial charge on any atom is 0.318 e. The summed E-state index contributed by atoms with van der Waals surface area (Å²) >= 11 is 0. The molecule has 50 heavy (non-hydrogen) atoms. The molecule has 2 aliphatic carbocycles. The molecule has 9 nitrogen and oxygen atoms in total. The van der Waals surface area contributed by atoms with Gasteiger partial charge < -0.3 is 35.1 Å². The van der Waals surface area contributed by atoms with Gasteiger partial charge in [-0.2, -0.15) is 0 Å². The van der Waals surface area contributed by atoms with Gasteiger partial charge in [0, 0.05) is 43.9 Å². The van der Waals surface area contributed by atoms with Crippen LogP contribution >= 0.6 is 0 Å². The van der Waals surface area contributed by atoms with E-state index < -0.39 is 6.10 Å². The van der Waals surface area contributed by atoms with Crippen LogP contribution in [-0.2, 0) is 27.4 Å². The average Bonchev–Trinajstić information content (AvgIpc) is 3.70. The minimum absolute atomic E-state index is 0.0428. The minimum Gasteiger partial charge on any atom is -0.506 e. The van der Waals surface area contributed by atoms with Crippen molar-refractivity contribution in [1.29, 1.82) is 0 Å². The molecule has 1 atom stereocenters. The van der Waals surface area contributed by atoms with Gasteiger partial charge in [0.05, 0.1) is 11.8 Å². The van der Waals surface area contributed by atoms with Crippen molar-refractivity contribution in [1.82, 2.24) is 14.8 Å². The molecule has 5 aromatic rings. The largest absolute Gasteiger partial charge is 0.506 e. The van der Waals surface area contributed by atoms with Crippen LogP contribution in [0.5, 0.6) is 5.75 Å². The van der Waals surface area contributed by atoms with Gasteiger partial charge >= 0.3 is 5.97 Å². The summed E-state index contributed by atoms with van der Waals surface area (Å²) in [6.45, 7) is 2.73. The zero-order valence-electron chi connectivity index (χ0n) is 28.3. The van der Waals surface area contributed by atoms with Crippen molar-refractivity contribution in [2.24, 2.45) is 0 Å². The smallest absolute Gasteiger partial charge is 0.318 e. The number of carbonyl (C=O) groups is 2. The molecule has 7 rings (SSSR count). The van der Waals surface area contributed by atoms with E-state index in [-0.39, 0.29) is 29.4 Å². The number of hydrogen-bond donors (Lipinski definition) is 4. The van der Waals surface area contributed by atoms with Gasteiger partial charge in [0.2, 0.25) is 6.41 Å². The molecule has 0 radical (unpaired) electrons. The second-order valence-corrected chi connectivity index (χ2v) is 13.5. The number of carbonyl (C=O) groups excluding carboxylic acids is 2. The maximum absolute atomic E-state index is 13.5. The highest BCUT2D eigenvalue weighted by molar-refractivity contribution is 5.93. The number of nitrogens with one attached hydrogen (secondary N) is 2. The van der Waals surface area contributed by atoms with Crippen LogP contribution in [0.15, 0.2) is 97.2 Å². The van der Waals surface area contributed by atoms with E-state index in [4.69, 9.17) is 4.74 Å². The van der Waals surface area contributed by atoms with E-state index in [2.05, 4.69) is 81.9 Å². The molecule has 2 aliphatic rings. The number of amides is 1. The molecule has 4 N–H and O–H groups in total. The highest BCUT2D eigenvalue weighted by atomic mass is 16.5. The van der Waals surface area contributed by atoms with Gasteiger partial charge in [-0.15, -0.1) is 0 Å². The predicted octanol–water partition coefficient (Wildman–Crippen LogP) is 6.34. The summed E-state index contributed by atoms with van der Waals surface area (Å²) < 4.78 is 8.47. The summed E-state index contributed by atoms with van der Waals surface area (Å²) in [6.07, 6.45) is 5.58. The first kappa shape index (κ1) is 33.5. The van der Waals surface area contributed by atoms with Crippen molar-refractivity contribution in [3.05, 3.63) is 119 Å². The maximum atomic E-state index is 13.5. The molecule has 0 spiro atoms. The average molecular weight is 673 g/mol. The molecule has 1 fully saturated rings. The number of aromatic nitrogens is 1. The number of nitrogens with zero attached hydrogens (tertiary/aromatic N) is 2. The number of rotatable bonds is 13. The monoisotopic (exact) mass is 672 g/mol. The van der Waals surface area contributed by atoms with Crippen LogP contribution < -0.4 is 10.6 Å². The third-order valence-electron chi connectivity index (χ3n) is 10.4. The lowest BCUT2D eigenvalue weighted by molar-refractivity contribution is -0.151. The molecular weight excluding hydrogens is 628 g/mol. The number of fused-ring (bicyclic) bond motifs is 4. The standard InChI is InChI=1S/C41H44N4O5/c1-44(30-12-14-31(15-13-30)50-41(49)40-34-8-4-2-6-32(34)33-7-3-5-9-35(33)40)20-21-45-19-18-28-22-27(10-16-37(28)45)24-42-25-39(48)29-11-17-38(47)36(23-29)43-26-46/h2-11,16-19,22-23,26,30-31,39-40,42,47-48H,12-15,20-21,24-25H2,1H3,(H,43,46)/t30-,31-,39-/m0/s1. The van der Waals surface area contributed by atoms with Crippen LogP contribution in [0, 0.1) is 0 Å². The van der Waals surface area contributed by atoms with E-state index >= 15 is 0 Å². The highest BCUT2D eigenvalue weighted by Gasteiger charge is 2.36. The lowest BCUT2D eigenvalue weighted by atomic mass is 9.91. The first-order valence-electron chi connectivity index (χ1n) is 17.5. The summed E-state index contributed by atoms with van der Waals surface area (Å²) in [5, 5.41) is 27.4. The van der Waals surface area contributed by atoms with Gasteiger partial charge in [-0.05, 0) is 102 Å². The van der Waals surface area contributed by atoms with E-state index in [0.29, 0.717) is 31.1 Å². The number of likely N-dealkylation sites (N-methyl/N-ethyl adjacent to an activating group) is 1. The molecule has 0 bridgehead atoms. The van der Waals surface area contributed by atoms with Crippen LogP contribution in [0.4, 0.5) is 5.69 Å². The summed E-state index contributed by atoms with van der Waals surface area (Å²) in [7, 11) is 2.20. The summed E-state index contributed by atoms with van der Waals surface area (Å²) in [5.41, 5.74) is 7.53. The fourth-order valence-electron chi connectivity index (χ4n) is 7.66. The third kappa shape index (κ3) is 7.03. The number of ether oxygens (including phenoxy) is 1. The second-order valence-electron chi connectivity index (χ2n) is 13.5. The topological polar surface area (TPSA) is 116 Å². The fourth-order valence-corrected chi connectivity index (χ4v) is 7.66. The van der Waals surface area contributed by atoms with Crippen molar-refractivity contribution in [3.63, 3.8) is 0 Å². The van der Waals surface area contributed by atoms with E-state index in [1.165, 1.54) is 17.0 Å². The van der Waals surface area contributed by atoms with Crippen molar-refractivity contribution in [2.75, 3.05) is 25.5 Å². The molecule has 0 unspecified atom stereocenters. The normalized spacial score (nSPS) is 17.7. The SMILES string of the molecule is CN(CCn1ccc2cc(CNC[C@H](O)c3ccc(O)c(NC=O)c3)ccc21)[C@H]1CC[C@H](OC(=O)C2c3ccccc3-c3ccccc32)CC1. The predicted molar refractivity (Wildman–Crippen MR) is 195 cm³/mol. The van der Waals surface area contributed by atoms with Crippen LogP contribution in [-0.4, -0.2) is 64.3 Å². The van der Waals surface area contributed by atoms with Gasteiger partial charge in [-0.25, -0.2) is 0 Å². The zero-order chi connectivity index (χ0) is 34.6. The number of aromatic hydroxyl groups is 1. The van der Waals surface area contributed by atoms with Gasteiger partial charge in [0.1, 0.15) is 17.8 Å². The quantitative estimate of drug-likeness (QED) is 0.0656. The lowest BCUT2D eigenvalue weighted by Crippen LogP contribution is -2.39. The number of phenolic OH excluding ortho intramolecular Hbond substituents is 1. The van der Waals surface area contributed by atoms with E-state index in [9.17, 15) is 19.8 Å². The number of benzene rings is 4. The number of phenols is 1. The Bertz CT molecular complexity index is 1940. The first-order valence-corrected chi connectivity index (χ1v) is 17.5. The first-order chi connectivity index (χ1) is 24.4. The molecule has 1 heterocycles. The molecule has 0 aliphatic heterocycles. The van der Waals surface area contributed by atoms with Gasteiger partial charge in [0.15, 0.2) is 0 Å². The van der Waals surface area contributed by atoms with Gasteiger partial charge in [-0.1, -0.05) is 60.7 Å². The van der Waals surface area contributed by atoms with Crippen LogP contribution in [0.2, 0.25) is 0 Å². The molecule has 1 amide bonds. The van der Waals surface area contributed by atoms with E-state index in [0.717, 1.165) is 66.6 Å². The Labute approximate surface area is 292 Å². The second kappa shape index (κ2) is 14.9. The highest BCUT2D eigenvalue weighted by Crippen LogP contribution is 2.45. The zero-order valence-corrected chi connectivity index (χ0v) is 28.3. The Morgan fingerprint density at radius 1 is 0.960 bits per heavy atom. The Morgan fingerprint density at radius 2 is 1.68 bits per heavy atom. The van der Waals surface area contributed by atoms with E-state index in [1.54, 1.807) is 12.1 Å². The van der Waals surface area contributed by atoms with Crippen molar-refractivity contribution in [2.45, 2.75) is 62.9 Å². The molecule has 1 aromatic heterocycles. The Kier molecular flexibility index (Phi) is 9.98. The lowest BCUT2D eigenvalue weighted by Gasteiger charge is -2.35. The van der Waals surface area contributed by atoms with Crippen LogP contribution in [0.25, 0.3) is 22.0 Å². The van der Waals surface area contributed by atoms with Crippen molar-refractivity contribution in [3.8, 4) is 16.9 Å². The summed E-state index contributed by atoms with van der Waals surface area (Å²) in [6, 6.07) is 30.1. The number of aliphatic hydroxyl groups excluding tert-OH is 1. The molecule has 1 saturated carbocycles. The molecule has 9 heteroatoms. The molecule has 4 aromatic carbocycles. The number of anilines is 1. The van der Waals surface area contributed by atoms with Crippen LogP contribution in [0.3, 0.4) is 0 Å². The van der Waals surface area contributed by atoms with Crippen molar-refractivity contribution < 1.29 is 24.5 Å². The van der Waals surface area contributed by atoms with E-state index in [1.807, 2.05) is 24.3 Å². The third-order valence-corrected chi connectivity index (χ3v) is 10.4. The van der Waals surface area contributed by atoms with Gasteiger partial charge in [-0.3, -0.25) is 9.59 Å². The minimum atomic E-state index is -0.789. The van der Waals surface area contributed by atoms with Gasteiger partial charge in [0.25, 0.3) is 0 Å². The molecular formula is C41H44N4O5. The number of aliphatic hydroxyl groups is 1. The van der Waals surface area contributed by atoms with Crippen LogP contribution in [0.1, 0.15) is 60.0 Å². The Balaban J connectivity index is 0.871. The Hall–Kier alpha value is -4.96. The summed E-state index contributed by atoms with van der Waals surface area (Å²) in [4.78, 5) is 26.7. The molecule has 0 saturated heterocycles. The molecule has 258 valence electrons. The summed E-state index contributed by atoms with van der Waals surface area (Å²) in [5.74, 6) is -0.528. The fraction of sp³-hybridized carbons (Fsp3) is 0.317. The number of esters is 1.